The molecule has 3 heteroatoms. The predicted molar refractivity (Wildman–Crippen MR) is 118 cm³/mol. The smallest absolute Gasteiger partial charge is 0.137 e. The molecule has 0 unspecified atom stereocenters. The largest absolute Gasteiger partial charge is 0.490 e. The third-order valence-corrected chi connectivity index (χ3v) is 4.64. The molecule has 1 aliphatic rings. The third kappa shape index (κ3) is 4.89. The Morgan fingerprint density at radius 1 is 1.18 bits per heavy atom. The van der Waals surface area contributed by atoms with Crippen LogP contribution in [0, 0.1) is 11.3 Å². The Morgan fingerprint density at radius 3 is 2.61 bits per heavy atom. The minimum Gasteiger partial charge on any atom is -0.490 e. The number of hydrogen-bond acceptors (Lipinski definition) is 3. The Balaban J connectivity index is 0.00000136. The summed E-state index contributed by atoms with van der Waals surface area (Å²) < 4.78 is 5.69. The van der Waals surface area contributed by atoms with Crippen molar-refractivity contribution in [3.8, 4) is 11.8 Å². The molecule has 0 bridgehead atoms. The van der Waals surface area contributed by atoms with Crippen molar-refractivity contribution in [2.75, 3.05) is 0 Å². The second-order valence-electron chi connectivity index (χ2n) is 6.93. The van der Waals surface area contributed by atoms with Crippen molar-refractivity contribution in [2.45, 2.75) is 60.0 Å². The van der Waals surface area contributed by atoms with E-state index >= 15 is 0 Å². The van der Waals surface area contributed by atoms with E-state index in [9.17, 15) is 5.26 Å². The van der Waals surface area contributed by atoms with E-state index in [2.05, 4.69) is 30.8 Å². The average molecular weight is 375 g/mol. The molecular formula is C25H30N2O. The first-order chi connectivity index (χ1) is 13.5. The highest BCUT2D eigenvalue weighted by Crippen LogP contribution is 2.30. The van der Waals surface area contributed by atoms with Crippen molar-refractivity contribution >= 4 is 11.4 Å². The van der Waals surface area contributed by atoms with Gasteiger partial charge in [-0.3, -0.25) is 4.99 Å². The van der Waals surface area contributed by atoms with Crippen LogP contribution in [0.3, 0.4) is 0 Å². The normalized spacial score (nSPS) is 12.7. The van der Waals surface area contributed by atoms with Crippen molar-refractivity contribution < 1.29 is 4.74 Å². The average Bonchev–Trinajstić information content (AvgIpc) is 3.18. The summed E-state index contributed by atoms with van der Waals surface area (Å²) in [5.74, 6) is 0.610. The Bertz CT molecular complexity index is 917. The van der Waals surface area contributed by atoms with Gasteiger partial charge in [-0.05, 0) is 74.9 Å². The van der Waals surface area contributed by atoms with Gasteiger partial charge in [-0.1, -0.05) is 38.6 Å². The van der Waals surface area contributed by atoms with Crippen LogP contribution in [0.2, 0.25) is 0 Å². The topological polar surface area (TPSA) is 45.4 Å². The van der Waals surface area contributed by atoms with Crippen LogP contribution in [-0.2, 0) is 12.8 Å². The maximum Gasteiger partial charge on any atom is 0.137 e. The molecule has 0 fully saturated rings. The Morgan fingerprint density at radius 2 is 1.93 bits per heavy atom. The number of hydrogen-bond donors (Lipinski definition) is 0. The van der Waals surface area contributed by atoms with Crippen LogP contribution in [-0.4, -0.2) is 11.8 Å². The fourth-order valence-corrected chi connectivity index (χ4v) is 3.42. The maximum atomic E-state index is 9.42. The highest BCUT2D eigenvalue weighted by molar-refractivity contribution is 6.02. The number of nitrogens with zero attached hydrogens (tertiary/aromatic N) is 2. The van der Waals surface area contributed by atoms with Crippen LogP contribution in [0.5, 0.6) is 5.75 Å². The van der Waals surface area contributed by atoms with E-state index in [0.717, 1.165) is 35.4 Å². The lowest BCUT2D eigenvalue weighted by Gasteiger charge is -2.13. The van der Waals surface area contributed by atoms with Crippen LogP contribution in [0.4, 0.5) is 0 Å². The Hall–Kier alpha value is -2.86. The van der Waals surface area contributed by atoms with E-state index in [1.807, 2.05) is 52.8 Å². The van der Waals surface area contributed by atoms with Crippen molar-refractivity contribution in [1.82, 2.24) is 0 Å². The van der Waals surface area contributed by atoms with E-state index < -0.39 is 0 Å². The van der Waals surface area contributed by atoms with Crippen LogP contribution in [0.25, 0.3) is 5.70 Å². The number of ether oxygens (including phenoxy) is 1. The van der Waals surface area contributed by atoms with Gasteiger partial charge in [0.15, 0.2) is 0 Å². The van der Waals surface area contributed by atoms with Crippen LogP contribution < -0.4 is 4.74 Å². The molecule has 0 saturated carbocycles. The zero-order valence-corrected chi connectivity index (χ0v) is 17.7. The van der Waals surface area contributed by atoms with E-state index in [0.29, 0.717) is 11.3 Å². The molecule has 0 heterocycles. The molecule has 0 atom stereocenters. The van der Waals surface area contributed by atoms with Crippen molar-refractivity contribution in [3.63, 3.8) is 0 Å². The SMILES string of the molecule is C=C(N=C(C)c1ccc(OC(C)C)c(C#N)c1)c1cccc2c1CCC2.CC. The molecule has 0 aromatic heterocycles. The maximum absolute atomic E-state index is 9.42. The van der Waals surface area contributed by atoms with Crippen LogP contribution in [0.15, 0.2) is 48.0 Å². The van der Waals surface area contributed by atoms with Gasteiger partial charge < -0.3 is 4.74 Å². The zero-order chi connectivity index (χ0) is 20.7. The van der Waals surface area contributed by atoms with Crippen molar-refractivity contribution in [3.05, 3.63) is 70.8 Å². The Labute approximate surface area is 169 Å². The summed E-state index contributed by atoms with van der Waals surface area (Å²) in [5, 5.41) is 9.42. The third-order valence-electron chi connectivity index (χ3n) is 4.64. The number of benzene rings is 2. The molecule has 1 aliphatic carbocycles. The van der Waals surface area contributed by atoms with E-state index in [1.165, 1.54) is 17.5 Å². The second kappa shape index (κ2) is 9.90. The molecule has 0 saturated heterocycles. The van der Waals surface area contributed by atoms with E-state index in [4.69, 9.17) is 9.73 Å². The summed E-state index contributed by atoms with van der Waals surface area (Å²) in [4.78, 5) is 4.73. The fraction of sp³-hybridized carbons (Fsp3) is 0.360. The van der Waals surface area contributed by atoms with Gasteiger partial charge in [-0.25, -0.2) is 0 Å². The van der Waals surface area contributed by atoms with E-state index in [1.54, 1.807) is 0 Å². The summed E-state index contributed by atoms with van der Waals surface area (Å²) in [5.41, 5.74) is 6.99. The quantitative estimate of drug-likeness (QED) is 0.573. The van der Waals surface area contributed by atoms with Gasteiger partial charge in [0.2, 0.25) is 0 Å². The zero-order valence-electron chi connectivity index (χ0n) is 17.7. The summed E-state index contributed by atoms with van der Waals surface area (Å²) in [6.07, 6.45) is 3.47. The van der Waals surface area contributed by atoms with Crippen LogP contribution in [0.1, 0.15) is 68.9 Å². The summed E-state index contributed by atoms with van der Waals surface area (Å²) in [7, 11) is 0. The lowest BCUT2D eigenvalue weighted by molar-refractivity contribution is 0.241. The number of aliphatic imine (C=N–C) groups is 1. The molecule has 146 valence electrons. The standard InChI is InChI=1S/C23H24N2O.C2H6/c1-15(2)26-23-12-11-19(13-20(23)14-24)16(3)25-17(4)21-9-5-7-18-8-6-10-22(18)21;1-2/h5,7,9,11-13,15H,4,6,8,10H2,1-3H3;1-2H3. The molecule has 2 aromatic rings. The molecule has 3 rings (SSSR count). The summed E-state index contributed by atoms with van der Waals surface area (Å²) in [6, 6.07) is 14.2. The molecule has 0 spiro atoms. The highest BCUT2D eigenvalue weighted by Gasteiger charge is 2.16. The number of fused-ring (bicyclic) bond motifs is 1. The molecule has 2 aromatic carbocycles. The molecular weight excluding hydrogens is 344 g/mol. The minimum atomic E-state index is 0.0302. The van der Waals surface area contributed by atoms with Crippen LogP contribution >= 0.6 is 0 Å². The first kappa shape index (κ1) is 21.4. The van der Waals surface area contributed by atoms with Gasteiger partial charge in [0.1, 0.15) is 11.8 Å². The lowest BCUT2D eigenvalue weighted by Crippen LogP contribution is -2.07. The Kier molecular flexibility index (Phi) is 7.58. The van der Waals surface area contributed by atoms with Gasteiger partial charge in [-0.2, -0.15) is 5.26 Å². The number of aryl methyl sites for hydroxylation is 1. The summed E-state index contributed by atoms with van der Waals surface area (Å²) in [6.45, 7) is 14.0. The molecule has 28 heavy (non-hydrogen) atoms. The van der Waals surface area contributed by atoms with Crippen molar-refractivity contribution in [2.24, 2.45) is 4.99 Å². The molecule has 0 amide bonds. The van der Waals surface area contributed by atoms with Crippen molar-refractivity contribution in [1.29, 1.82) is 5.26 Å². The molecule has 0 aliphatic heterocycles. The second-order valence-corrected chi connectivity index (χ2v) is 6.93. The molecule has 3 nitrogen and oxygen atoms in total. The van der Waals surface area contributed by atoms with E-state index in [-0.39, 0.29) is 6.10 Å². The van der Waals surface area contributed by atoms with Gasteiger partial charge in [0.05, 0.1) is 17.4 Å². The predicted octanol–water partition coefficient (Wildman–Crippen LogP) is 6.34. The van der Waals surface area contributed by atoms with Gasteiger partial charge >= 0.3 is 0 Å². The van der Waals surface area contributed by atoms with Gasteiger partial charge in [-0.15, -0.1) is 0 Å². The fourth-order valence-electron chi connectivity index (χ4n) is 3.42. The lowest BCUT2D eigenvalue weighted by atomic mass is 10.0. The number of nitriles is 1. The monoisotopic (exact) mass is 374 g/mol. The molecule has 0 radical (unpaired) electrons. The number of rotatable bonds is 5. The highest BCUT2D eigenvalue weighted by atomic mass is 16.5. The van der Waals surface area contributed by atoms with Gasteiger partial charge in [0.25, 0.3) is 0 Å². The molecule has 0 N–H and O–H groups in total. The summed E-state index contributed by atoms with van der Waals surface area (Å²) >= 11 is 0. The minimum absolute atomic E-state index is 0.0302. The first-order valence-corrected chi connectivity index (χ1v) is 10.1. The first-order valence-electron chi connectivity index (χ1n) is 10.1. The van der Waals surface area contributed by atoms with Gasteiger partial charge in [0, 0.05) is 11.3 Å².